The number of halogens is 1. The molecule has 0 unspecified atom stereocenters. The largest absolute Gasteiger partial charge is 0.328 e. The summed E-state index contributed by atoms with van der Waals surface area (Å²) < 4.78 is 0.944. The third-order valence-electron chi connectivity index (χ3n) is 6.69. The fourth-order valence-corrected chi connectivity index (χ4v) is 5.52. The summed E-state index contributed by atoms with van der Waals surface area (Å²) in [6, 6.07) is 7.62. The quantitative estimate of drug-likeness (QED) is 0.555. The summed E-state index contributed by atoms with van der Waals surface area (Å²) in [5.41, 5.74) is 2.36. The molecule has 4 rings (SSSR count). The molecule has 1 heterocycles. The van der Waals surface area contributed by atoms with E-state index in [2.05, 4.69) is 22.0 Å². The molecule has 0 radical (unpaired) electrons. The molecule has 156 valence electrons. The second-order valence-corrected chi connectivity index (χ2v) is 9.58. The summed E-state index contributed by atoms with van der Waals surface area (Å²) in [5, 5.41) is 0. The highest BCUT2D eigenvalue weighted by Crippen LogP contribution is 2.34. The number of allylic oxidation sites excluding steroid dienone is 1. The summed E-state index contributed by atoms with van der Waals surface area (Å²) in [7, 11) is 0. The molecule has 4 nitrogen and oxygen atoms in total. The summed E-state index contributed by atoms with van der Waals surface area (Å²) in [5.74, 6) is 0.198. The van der Waals surface area contributed by atoms with Gasteiger partial charge >= 0.3 is 0 Å². The lowest BCUT2D eigenvalue weighted by atomic mass is 9.91. The SMILES string of the molecule is O=C1[C@@H](c2cccc(Br)c2)N(CCC2=CCCCC2)C(=O)CN1C1CCCCC1. The minimum absolute atomic E-state index is 0.0940. The Hall–Kier alpha value is -1.62. The topological polar surface area (TPSA) is 40.6 Å². The van der Waals surface area contributed by atoms with E-state index in [9.17, 15) is 9.59 Å². The van der Waals surface area contributed by atoms with Gasteiger partial charge in [0, 0.05) is 17.1 Å². The molecule has 1 aromatic carbocycles. The number of rotatable bonds is 5. The van der Waals surface area contributed by atoms with E-state index in [0.717, 1.165) is 55.0 Å². The van der Waals surface area contributed by atoms with Crippen LogP contribution in [0.3, 0.4) is 0 Å². The van der Waals surface area contributed by atoms with E-state index in [1.807, 2.05) is 34.1 Å². The van der Waals surface area contributed by atoms with Gasteiger partial charge in [-0.2, -0.15) is 0 Å². The number of hydrogen-bond acceptors (Lipinski definition) is 2. The van der Waals surface area contributed by atoms with Gasteiger partial charge in [-0.15, -0.1) is 0 Å². The zero-order valence-corrected chi connectivity index (χ0v) is 18.7. The first-order valence-electron chi connectivity index (χ1n) is 11.2. The number of nitrogens with zero attached hydrogens (tertiary/aromatic N) is 2. The van der Waals surface area contributed by atoms with Gasteiger partial charge in [-0.3, -0.25) is 9.59 Å². The highest BCUT2D eigenvalue weighted by molar-refractivity contribution is 9.10. The zero-order chi connectivity index (χ0) is 20.2. The van der Waals surface area contributed by atoms with E-state index in [1.54, 1.807) is 0 Å². The molecule has 1 saturated carbocycles. The number of benzene rings is 1. The van der Waals surface area contributed by atoms with Gasteiger partial charge in [0.05, 0.1) is 0 Å². The maximum Gasteiger partial charge on any atom is 0.250 e. The molecule has 29 heavy (non-hydrogen) atoms. The average molecular weight is 459 g/mol. The van der Waals surface area contributed by atoms with Crippen molar-refractivity contribution in [2.75, 3.05) is 13.1 Å². The molecule has 2 aliphatic carbocycles. The van der Waals surface area contributed by atoms with Crippen LogP contribution in [0.2, 0.25) is 0 Å². The van der Waals surface area contributed by atoms with Gasteiger partial charge in [0.1, 0.15) is 12.6 Å². The molecule has 0 bridgehead atoms. The van der Waals surface area contributed by atoms with Crippen molar-refractivity contribution in [3.8, 4) is 0 Å². The van der Waals surface area contributed by atoms with Crippen molar-refractivity contribution >= 4 is 27.7 Å². The summed E-state index contributed by atoms with van der Waals surface area (Å²) in [6.07, 6.45) is 13.6. The average Bonchev–Trinajstić information content (AvgIpc) is 2.75. The van der Waals surface area contributed by atoms with Crippen molar-refractivity contribution in [2.45, 2.75) is 76.3 Å². The van der Waals surface area contributed by atoms with Crippen LogP contribution in [-0.4, -0.2) is 40.7 Å². The third kappa shape index (κ3) is 4.76. The van der Waals surface area contributed by atoms with Gasteiger partial charge in [-0.1, -0.05) is 59.0 Å². The van der Waals surface area contributed by atoms with Crippen molar-refractivity contribution in [1.29, 1.82) is 0 Å². The van der Waals surface area contributed by atoms with Crippen LogP contribution < -0.4 is 0 Å². The summed E-state index contributed by atoms with van der Waals surface area (Å²) in [6.45, 7) is 0.874. The maximum absolute atomic E-state index is 13.6. The Morgan fingerprint density at radius 2 is 1.86 bits per heavy atom. The molecule has 0 spiro atoms. The molecule has 1 aromatic rings. The van der Waals surface area contributed by atoms with Crippen LogP contribution >= 0.6 is 15.9 Å². The number of amides is 2. The van der Waals surface area contributed by atoms with Gasteiger partial charge in [-0.25, -0.2) is 0 Å². The van der Waals surface area contributed by atoms with E-state index >= 15 is 0 Å². The van der Waals surface area contributed by atoms with Gasteiger partial charge in [-0.05, 0) is 62.6 Å². The summed E-state index contributed by atoms with van der Waals surface area (Å²) >= 11 is 3.54. The Kier molecular flexibility index (Phi) is 6.74. The van der Waals surface area contributed by atoms with Crippen LogP contribution in [0, 0.1) is 0 Å². The minimum Gasteiger partial charge on any atom is -0.328 e. The molecular weight excluding hydrogens is 428 g/mol. The lowest BCUT2D eigenvalue weighted by Gasteiger charge is -2.44. The van der Waals surface area contributed by atoms with Gasteiger partial charge in [0.2, 0.25) is 5.91 Å². The predicted octanol–water partition coefficient (Wildman–Crippen LogP) is 5.38. The molecule has 0 N–H and O–H groups in total. The van der Waals surface area contributed by atoms with Crippen molar-refractivity contribution < 1.29 is 9.59 Å². The number of carbonyl (C=O) groups is 2. The Bertz CT molecular complexity index is 785. The number of hydrogen-bond donors (Lipinski definition) is 0. The summed E-state index contributed by atoms with van der Waals surface area (Å²) in [4.78, 5) is 30.6. The Morgan fingerprint density at radius 3 is 2.59 bits per heavy atom. The highest BCUT2D eigenvalue weighted by atomic mass is 79.9. The van der Waals surface area contributed by atoms with Crippen molar-refractivity contribution in [2.24, 2.45) is 0 Å². The molecule has 0 aromatic heterocycles. The van der Waals surface area contributed by atoms with Crippen molar-refractivity contribution in [3.63, 3.8) is 0 Å². The van der Waals surface area contributed by atoms with Gasteiger partial charge in [0.25, 0.3) is 5.91 Å². The monoisotopic (exact) mass is 458 g/mol. The molecule has 1 aliphatic heterocycles. The van der Waals surface area contributed by atoms with Crippen LogP contribution in [-0.2, 0) is 9.59 Å². The van der Waals surface area contributed by atoms with Crippen molar-refractivity contribution in [3.05, 3.63) is 46.0 Å². The van der Waals surface area contributed by atoms with E-state index in [1.165, 1.54) is 24.8 Å². The normalized spacial score (nSPS) is 24.0. The Balaban J connectivity index is 1.59. The Morgan fingerprint density at radius 1 is 1.03 bits per heavy atom. The smallest absolute Gasteiger partial charge is 0.250 e. The molecule has 1 atom stereocenters. The fraction of sp³-hybridized carbons (Fsp3) is 0.583. The molecule has 2 fully saturated rings. The van der Waals surface area contributed by atoms with E-state index in [-0.39, 0.29) is 24.4 Å². The Labute approximate surface area is 182 Å². The van der Waals surface area contributed by atoms with Crippen LogP contribution in [0.15, 0.2) is 40.4 Å². The van der Waals surface area contributed by atoms with Crippen LogP contribution in [0.4, 0.5) is 0 Å². The minimum atomic E-state index is -0.500. The van der Waals surface area contributed by atoms with Crippen LogP contribution in [0.1, 0.15) is 75.8 Å². The predicted molar refractivity (Wildman–Crippen MR) is 118 cm³/mol. The first kappa shape index (κ1) is 20.6. The van der Waals surface area contributed by atoms with E-state index < -0.39 is 6.04 Å². The van der Waals surface area contributed by atoms with Gasteiger partial charge < -0.3 is 9.80 Å². The lowest BCUT2D eigenvalue weighted by molar-refractivity contribution is -0.159. The first-order valence-corrected chi connectivity index (χ1v) is 12.0. The molecular formula is C24H31BrN2O2. The zero-order valence-electron chi connectivity index (χ0n) is 17.1. The molecule has 1 saturated heterocycles. The molecule has 2 amide bonds. The van der Waals surface area contributed by atoms with Crippen molar-refractivity contribution in [1.82, 2.24) is 9.80 Å². The van der Waals surface area contributed by atoms with Crippen LogP contribution in [0.5, 0.6) is 0 Å². The number of piperazine rings is 1. The highest BCUT2D eigenvalue weighted by Gasteiger charge is 2.42. The lowest BCUT2D eigenvalue weighted by Crippen LogP contribution is -2.58. The maximum atomic E-state index is 13.6. The second kappa shape index (κ2) is 9.46. The molecule has 5 heteroatoms. The van der Waals surface area contributed by atoms with E-state index in [0.29, 0.717) is 6.54 Å². The van der Waals surface area contributed by atoms with E-state index in [4.69, 9.17) is 0 Å². The fourth-order valence-electron chi connectivity index (χ4n) is 5.10. The van der Waals surface area contributed by atoms with Gasteiger partial charge in [0.15, 0.2) is 0 Å². The first-order chi connectivity index (χ1) is 14.1. The third-order valence-corrected chi connectivity index (χ3v) is 7.19. The second-order valence-electron chi connectivity index (χ2n) is 8.66. The van der Waals surface area contributed by atoms with Crippen LogP contribution in [0.25, 0.3) is 0 Å². The number of carbonyl (C=O) groups excluding carboxylic acids is 2. The standard InChI is InChI=1S/C24H31BrN2O2/c25-20-11-7-10-19(16-20)23-24(29)27(21-12-5-2-6-13-21)17-22(28)26(23)15-14-18-8-3-1-4-9-18/h7-8,10-11,16,21,23H,1-6,9,12-15,17H2/t23-/m1/s1. The molecule has 3 aliphatic rings.